The molecule has 1 unspecified atom stereocenters. The van der Waals surface area contributed by atoms with Crippen molar-refractivity contribution in [1.82, 2.24) is 0 Å². The molecular formula is C15H20BrNO. The third-order valence-electron chi connectivity index (χ3n) is 4.31. The second kappa shape index (κ2) is 4.86. The topological polar surface area (TPSA) is 21.3 Å². The molecule has 3 rings (SSSR count). The molecule has 1 spiro atoms. The van der Waals surface area contributed by atoms with Crippen LogP contribution < -0.4 is 5.32 Å². The number of benzene rings is 1. The Morgan fingerprint density at radius 2 is 2.22 bits per heavy atom. The van der Waals surface area contributed by atoms with Gasteiger partial charge in [0.25, 0.3) is 0 Å². The molecule has 1 N–H and O–H groups in total. The average molecular weight is 310 g/mol. The molecule has 0 amide bonds. The molecule has 1 atom stereocenters. The van der Waals surface area contributed by atoms with Crippen molar-refractivity contribution in [2.45, 2.75) is 50.7 Å². The Labute approximate surface area is 117 Å². The number of hydrogen-bond donors (Lipinski definition) is 1. The quantitative estimate of drug-likeness (QED) is 0.881. The molecule has 98 valence electrons. The van der Waals surface area contributed by atoms with E-state index in [2.05, 4.69) is 46.4 Å². The molecule has 18 heavy (non-hydrogen) atoms. The first-order valence-corrected chi connectivity index (χ1v) is 7.63. The van der Waals surface area contributed by atoms with Gasteiger partial charge in [0, 0.05) is 22.8 Å². The van der Waals surface area contributed by atoms with E-state index in [0.717, 1.165) is 19.4 Å². The number of anilines is 1. The van der Waals surface area contributed by atoms with Crippen molar-refractivity contribution >= 4 is 21.6 Å². The fraction of sp³-hybridized carbons (Fsp3) is 0.600. The summed E-state index contributed by atoms with van der Waals surface area (Å²) in [6, 6.07) is 6.95. The summed E-state index contributed by atoms with van der Waals surface area (Å²) >= 11 is 3.67. The zero-order chi connectivity index (χ0) is 12.6. The molecule has 0 radical (unpaired) electrons. The summed E-state index contributed by atoms with van der Waals surface area (Å²) < 4.78 is 7.17. The standard InChI is InChI=1S/C15H20BrNO/c1-11-4-2-5-13(14(11)16)17-12-6-9-18-15(10-12)7-3-8-15/h2,4-5,12,17H,3,6-10H2,1H3. The van der Waals surface area contributed by atoms with Gasteiger partial charge in [0.05, 0.1) is 5.60 Å². The minimum atomic E-state index is 0.215. The number of hydrogen-bond acceptors (Lipinski definition) is 2. The molecule has 0 bridgehead atoms. The van der Waals surface area contributed by atoms with E-state index in [1.807, 2.05) is 0 Å². The predicted octanol–water partition coefficient (Wildman–Crippen LogP) is 4.27. The predicted molar refractivity (Wildman–Crippen MR) is 78.1 cm³/mol. The van der Waals surface area contributed by atoms with Crippen LogP contribution >= 0.6 is 15.9 Å². The molecule has 2 nitrogen and oxygen atoms in total. The Hall–Kier alpha value is -0.540. The van der Waals surface area contributed by atoms with Gasteiger partial charge in [-0.15, -0.1) is 0 Å². The molecular weight excluding hydrogens is 290 g/mol. The molecule has 1 saturated heterocycles. The van der Waals surface area contributed by atoms with E-state index in [4.69, 9.17) is 4.74 Å². The number of rotatable bonds is 2. The minimum Gasteiger partial charge on any atom is -0.381 e. The molecule has 2 fully saturated rings. The lowest BCUT2D eigenvalue weighted by Gasteiger charge is -2.47. The summed E-state index contributed by atoms with van der Waals surface area (Å²) in [5.74, 6) is 0. The van der Waals surface area contributed by atoms with E-state index in [1.54, 1.807) is 0 Å². The average Bonchev–Trinajstić information content (AvgIpc) is 2.34. The summed E-state index contributed by atoms with van der Waals surface area (Å²) in [4.78, 5) is 0. The normalized spacial score (nSPS) is 25.8. The highest BCUT2D eigenvalue weighted by atomic mass is 79.9. The lowest BCUT2D eigenvalue weighted by molar-refractivity contribution is -0.130. The number of aryl methyl sites for hydroxylation is 1. The Morgan fingerprint density at radius 1 is 1.39 bits per heavy atom. The van der Waals surface area contributed by atoms with Crippen LogP contribution in [0.3, 0.4) is 0 Å². The lowest BCUT2D eigenvalue weighted by Crippen LogP contribution is -2.49. The van der Waals surface area contributed by atoms with Gasteiger partial charge in [0.1, 0.15) is 0 Å². The molecule has 1 aliphatic carbocycles. The van der Waals surface area contributed by atoms with Gasteiger partial charge < -0.3 is 10.1 Å². The summed E-state index contributed by atoms with van der Waals surface area (Å²) in [6.07, 6.45) is 6.11. The van der Waals surface area contributed by atoms with Gasteiger partial charge in [0.2, 0.25) is 0 Å². The smallest absolute Gasteiger partial charge is 0.0702 e. The summed E-state index contributed by atoms with van der Waals surface area (Å²) in [5, 5.41) is 3.69. The van der Waals surface area contributed by atoms with E-state index in [-0.39, 0.29) is 5.60 Å². The van der Waals surface area contributed by atoms with E-state index in [0.29, 0.717) is 6.04 Å². The monoisotopic (exact) mass is 309 g/mol. The highest BCUT2D eigenvalue weighted by Gasteiger charge is 2.42. The van der Waals surface area contributed by atoms with Crippen LogP contribution in [0.4, 0.5) is 5.69 Å². The summed E-state index contributed by atoms with van der Waals surface area (Å²) in [7, 11) is 0. The van der Waals surface area contributed by atoms with Crippen LogP contribution in [0, 0.1) is 6.92 Å². The summed E-state index contributed by atoms with van der Waals surface area (Å²) in [5.41, 5.74) is 2.72. The SMILES string of the molecule is Cc1cccc(NC2CCOC3(CCC3)C2)c1Br. The van der Waals surface area contributed by atoms with Crippen LogP contribution in [0.5, 0.6) is 0 Å². The van der Waals surface area contributed by atoms with Crippen LogP contribution in [0.25, 0.3) is 0 Å². The van der Waals surface area contributed by atoms with Crippen LogP contribution in [0.2, 0.25) is 0 Å². The zero-order valence-corrected chi connectivity index (χ0v) is 12.4. The first kappa shape index (κ1) is 12.5. The van der Waals surface area contributed by atoms with Crippen molar-refractivity contribution in [2.75, 3.05) is 11.9 Å². The van der Waals surface area contributed by atoms with Gasteiger partial charge in [-0.25, -0.2) is 0 Å². The highest BCUT2D eigenvalue weighted by Crippen LogP contribution is 2.43. The highest BCUT2D eigenvalue weighted by molar-refractivity contribution is 9.10. The van der Waals surface area contributed by atoms with Crippen molar-refractivity contribution in [3.8, 4) is 0 Å². The Bertz CT molecular complexity index is 442. The maximum absolute atomic E-state index is 5.97. The molecule has 1 aromatic carbocycles. The van der Waals surface area contributed by atoms with Crippen LogP contribution in [-0.2, 0) is 4.74 Å². The van der Waals surface area contributed by atoms with E-state index < -0.39 is 0 Å². The lowest BCUT2D eigenvalue weighted by atomic mass is 9.74. The number of nitrogens with one attached hydrogen (secondary N) is 1. The Balaban J connectivity index is 1.70. The van der Waals surface area contributed by atoms with Crippen molar-refractivity contribution in [1.29, 1.82) is 0 Å². The minimum absolute atomic E-state index is 0.215. The number of ether oxygens (including phenoxy) is 1. The van der Waals surface area contributed by atoms with E-state index in [1.165, 1.54) is 35.0 Å². The Morgan fingerprint density at radius 3 is 2.94 bits per heavy atom. The van der Waals surface area contributed by atoms with E-state index in [9.17, 15) is 0 Å². The summed E-state index contributed by atoms with van der Waals surface area (Å²) in [6.45, 7) is 3.04. The van der Waals surface area contributed by atoms with Crippen molar-refractivity contribution in [2.24, 2.45) is 0 Å². The maximum atomic E-state index is 5.97. The first-order chi connectivity index (χ1) is 8.69. The van der Waals surface area contributed by atoms with Crippen LogP contribution in [-0.4, -0.2) is 18.2 Å². The Kier molecular flexibility index (Phi) is 3.37. The molecule has 1 aromatic rings. The van der Waals surface area contributed by atoms with Gasteiger partial charge in [-0.3, -0.25) is 0 Å². The molecule has 2 aliphatic rings. The molecule has 0 aromatic heterocycles. The van der Waals surface area contributed by atoms with E-state index >= 15 is 0 Å². The second-order valence-electron chi connectivity index (χ2n) is 5.66. The zero-order valence-electron chi connectivity index (χ0n) is 10.8. The third-order valence-corrected chi connectivity index (χ3v) is 5.36. The third kappa shape index (κ3) is 2.30. The maximum Gasteiger partial charge on any atom is 0.0702 e. The number of halogens is 1. The molecule has 1 saturated carbocycles. The van der Waals surface area contributed by atoms with Gasteiger partial charge >= 0.3 is 0 Å². The van der Waals surface area contributed by atoms with Gasteiger partial charge in [-0.2, -0.15) is 0 Å². The van der Waals surface area contributed by atoms with Crippen molar-refractivity contribution in [3.05, 3.63) is 28.2 Å². The van der Waals surface area contributed by atoms with Crippen molar-refractivity contribution < 1.29 is 4.74 Å². The second-order valence-corrected chi connectivity index (χ2v) is 6.45. The van der Waals surface area contributed by atoms with Gasteiger partial charge in [-0.05, 0) is 66.6 Å². The van der Waals surface area contributed by atoms with Crippen LogP contribution in [0.15, 0.2) is 22.7 Å². The molecule has 1 heterocycles. The van der Waals surface area contributed by atoms with Crippen molar-refractivity contribution in [3.63, 3.8) is 0 Å². The van der Waals surface area contributed by atoms with Gasteiger partial charge in [-0.1, -0.05) is 12.1 Å². The molecule has 3 heteroatoms. The first-order valence-electron chi connectivity index (χ1n) is 6.84. The molecule has 1 aliphatic heterocycles. The largest absolute Gasteiger partial charge is 0.381 e. The van der Waals surface area contributed by atoms with Crippen LogP contribution in [0.1, 0.15) is 37.7 Å². The fourth-order valence-corrected chi connectivity index (χ4v) is 3.43. The fourth-order valence-electron chi connectivity index (χ4n) is 3.05. The van der Waals surface area contributed by atoms with Gasteiger partial charge in [0.15, 0.2) is 0 Å².